The van der Waals surface area contributed by atoms with Crippen LogP contribution in [0.5, 0.6) is 0 Å². The summed E-state index contributed by atoms with van der Waals surface area (Å²) in [6, 6.07) is 2.84. The number of anilines is 1. The van der Waals surface area contributed by atoms with Gasteiger partial charge in [0.2, 0.25) is 0 Å². The van der Waals surface area contributed by atoms with Crippen molar-refractivity contribution in [1.29, 1.82) is 0 Å². The predicted molar refractivity (Wildman–Crippen MR) is 68.1 cm³/mol. The molecule has 98 valence electrons. The van der Waals surface area contributed by atoms with E-state index in [1.807, 2.05) is 33.8 Å². The van der Waals surface area contributed by atoms with Crippen LogP contribution in [-0.4, -0.2) is 17.6 Å². The summed E-state index contributed by atoms with van der Waals surface area (Å²) in [6.45, 7) is 7.28. The first kappa shape index (κ1) is 12.9. The highest BCUT2D eigenvalue weighted by atomic mass is 19.1. The van der Waals surface area contributed by atoms with Gasteiger partial charge in [-0.2, -0.15) is 0 Å². The van der Waals surface area contributed by atoms with Gasteiger partial charge in [0.25, 0.3) is 0 Å². The fourth-order valence-electron chi connectivity index (χ4n) is 2.07. The average Bonchev–Trinajstić information content (AvgIpc) is 2.58. The van der Waals surface area contributed by atoms with Gasteiger partial charge in [-0.15, -0.1) is 0 Å². The lowest BCUT2D eigenvalue weighted by molar-refractivity contribution is -0.155. The molecule has 1 heterocycles. The number of hydrogen-bond acceptors (Lipinski definition) is 3. The lowest BCUT2D eigenvalue weighted by Crippen LogP contribution is -2.35. The third kappa shape index (κ3) is 2.63. The molecule has 0 spiro atoms. The number of fused-ring (bicyclic) bond motifs is 1. The first-order chi connectivity index (χ1) is 8.26. The molecule has 0 aliphatic carbocycles. The zero-order valence-electron chi connectivity index (χ0n) is 11.1. The van der Waals surface area contributed by atoms with Crippen molar-refractivity contribution in [2.45, 2.75) is 45.8 Å². The summed E-state index contributed by atoms with van der Waals surface area (Å²) in [7, 11) is 0. The van der Waals surface area contributed by atoms with Gasteiger partial charge in [-0.05, 0) is 45.4 Å². The predicted octanol–water partition coefficient (Wildman–Crippen LogP) is 2.81. The van der Waals surface area contributed by atoms with Gasteiger partial charge in [-0.3, -0.25) is 0 Å². The number of esters is 1. The van der Waals surface area contributed by atoms with Crippen LogP contribution in [0.1, 0.15) is 31.9 Å². The maximum atomic E-state index is 13.7. The molecule has 1 aliphatic rings. The highest BCUT2D eigenvalue weighted by molar-refractivity contribution is 5.83. The Bertz CT molecular complexity index is 491. The molecule has 1 N–H and O–H groups in total. The SMILES string of the molecule is Cc1cc(F)c2c(c1)NC(C(=O)OC(C)(C)C)C2. The van der Waals surface area contributed by atoms with Gasteiger partial charge >= 0.3 is 5.97 Å². The van der Waals surface area contributed by atoms with Crippen molar-refractivity contribution < 1.29 is 13.9 Å². The summed E-state index contributed by atoms with van der Waals surface area (Å²) in [5, 5.41) is 3.02. The van der Waals surface area contributed by atoms with Crippen molar-refractivity contribution in [3.05, 3.63) is 29.1 Å². The number of hydrogen-bond donors (Lipinski definition) is 1. The molecule has 18 heavy (non-hydrogen) atoms. The van der Waals surface area contributed by atoms with E-state index in [1.165, 1.54) is 6.07 Å². The summed E-state index contributed by atoms with van der Waals surface area (Å²) >= 11 is 0. The van der Waals surface area contributed by atoms with Crippen molar-refractivity contribution in [2.24, 2.45) is 0 Å². The van der Waals surface area contributed by atoms with E-state index in [-0.39, 0.29) is 11.8 Å². The number of benzene rings is 1. The molecule has 2 rings (SSSR count). The molecular weight excluding hydrogens is 233 g/mol. The zero-order valence-corrected chi connectivity index (χ0v) is 11.1. The molecule has 0 saturated heterocycles. The molecule has 3 nitrogen and oxygen atoms in total. The van der Waals surface area contributed by atoms with Crippen molar-refractivity contribution in [3.63, 3.8) is 0 Å². The number of carbonyl (C=O) groups is 1. The van der Waals surface area contributed by atoms with Crippen LogP contribution in [0.2, 0.25) is 0 Å². The van der Waals surface area contributed by atoms with Crippen LogP contribution in [0, 0.1) is 12.7 Å². The first-order valence-corrected chi connectivity index (χ1v) is 6.05. The summed E-state index contributed by atoms with van der Waals surface area (Å²) < 4.78 is 19.0. The molecule has 0 radical (unpaired) electrons. The summed E-state index contributed by atoms with van der Waals surface area (Å²) in [6.07, 6.45) is 0.344. The number of ether oxygens (including phenoxy) is 1. The molecule has 1 aliphatic heterocycles. The fourth-order valence-corrected chi connectivity index (χ4v) is 2.07. The smallest absolute Gasteiger partial charge is 0.329 e. The molecule has 0 aromatic heterocycles. The molecule has 1 aromatic carbocycles. The molecule has 4 heteroatoms. The maximum Gasteiger partial charge on any atom is 0.329 e. The van der Waals surface area contributed by atoms with E-state index in [1.54, 1.807) is 0 Å². The lowest BCUT2D eigenvalue weighted by atomic mass is 10.1. The third-order valence-corrected chi connectivity index (χ3v) is 2.77. The third-order valence-electron chi connectivity index (χ3n) is 2.77. The number of halogens is 1. The maximum absolute atomic E-state index is 13.7. The van der Waals surface area contributed by atoms with E-state index >= 15 is 0 Å². The van der Waals surface area contributed by atoms with E-state index < -0.39 is 11.6 Å². The Morgan fingerprint density at radius 3 is 2.72 bits per heavy atom. The second-order valence-corrected chi connectivity index (χ2v) is 5.71. The molecule has 0 fully saturated rings. The van der Waals surface area contributed by atoms with E-state index in [0.717, 1.165) is 5.56 Å². The topological polar surface area (TPSA) is 38.3 Å². The van der Waals surface area contributed by atoms with Crippen LogP contribution in [-0.2, 0) is 16.0 Å². The summed E-state index contributed by atoms with van der Waals surface area (Å²) in [4.78, 5) is 11.9. The van der Waals surface area contributed by atoms with Crippen molar-refractivity contribution >= 4 is 11.7 Å². The second-order valence-electron chi connectivity index (χ2n) is 5.71. The molecule has 1 atom stereocenters. The Morgan fingerprint density at radius 1 is 1.44 bits per heavy atom. The first-order valence-electron chi connectivity index (χ1n) is 6.05. The molecule has 0 saturated carbocycles. The normalized spacial score (nSPS) is 18.2. The Morgan fingerprint density at radius 2 is 2.11 bits per heavy atom. The van der Waals surface area contributed by atoms with Crippen molar-refractivity contribution in [1.82, 2.24) is 0 Å². The van der Waals surface area contributed by atoms with Crippen LogP contribution in [0.3, 0.4) is 0 Å². The second kappa shape index (κ2) is 4.26. The molecular formula is C14H18FNO2. The van der Waals surface area contributed by atoms with Gasteiger partial charge in [0.1, 0.15) is 17.5 Å². The average molecular weight is 251 g/mol. The van der Waals surface area contributed by atoms with Gasteiger partial charge in [0.15, 0.2) is 0 Å². The van der Waals surface area contributed by atoms with E-state index in [9.17, 15) is 9.18 Å². The van der Waals surface area contributed by atoms with Crippen LogP contribution in [0.4, 0.5) is 10.1 Å². The van der Waals surface area contributed by atoms with Crippen LogP contribution in [0.25, 0.3) is 0 Å². The van der Waals surface area contributed by atoms with Gasteiger partial charge in [0.05, 0.1) is 0 Å². The highest BCUT2D eigenvalue weighted by Crippen LogP contribution is 2.30. The van der Waals surface area contributed by atoms with Gasteiger partial charge in [0, 0.05) is 17.7 Å². The number of carbonyl (C=O) groups excluding carboxylic acids is 1. The lowest BCUT2D eigenvalue weighted by Gasteiger charge is -2.22. The Kier molecular flexibility index (Phi) is 3.05. The minimum Gasteiger partial charge on any atom is -0.458 e. The van der Waals surface area contributed by atoms with Gasteiger partial charge in [-0.25, -0.2) is 9.18 Å². The number of rotatable bonds is 1. The highest BCUT2D eigenvalue weighted by Gasteiger charge is 2.32. The molecule has 0 bridgehead atoms. The monoisotopic (exact) mass is 251 g/mol. The van der Waals surface area contributed by atoms with Crippen LogP contribution < -0.4 is 5.32 Å². The van der Waals surface area contributed by atoms with Crippen LogP contribution >= 0.6 is 0 Å². The standard InChI is InChI=1S/C14H18FNO2/c1-8-5-10(15)9-7-12(16-11(9)6-8)13(17)18-14(2,3)4/h5-6,12,16H,7H2,1-4H3. The van der Waals surface area contributed by atoms with E-state index in [0.29, 0.717) is 17.7 Å². The zero-order chi connectivity index (χ0) is 13.5. The molecule has 1 unspecified atom stereocenters. The Balaban J connectivity index is 2.15. The van der Waals surface area contributed by atoms with Crippen LogP contribution in [0.15, 0.2) is 12.1 Å². The largest absolute Gasteiger partial charge is 0.458 e. The Hall–Kier alpha value is -1.58. The van der Waals surface area contributed by atoms with E-state index in [2.05, 4.69) is 5.32 Å². The van der Waals surface area contributed by atoms with E-state index in [4.69, 9.17) is 4.74 Å². The van der Waals surface area contributed by atoms with Crippen molar-refractivity contribution in [2.75, 3.05) is 5.32 Å². The number of nitrogens with one attached hydrogen (secondary N) is 1. The minimum atomic E-state index is -0.526. The molecule has 1 aromatic rings. The summed E-state index contributed by atoms with van der Waals surface area (Å²) in [5.74, 6) is -0.598. The minimum absolute atomic E-state index is 0.261. The summed E-state index contributed by atoms with van der Waals surface area (Å²) in [5.41, 5.74) is 1.57. The van der Waals surface area contributed by atoms with Gasteiger partial charge in [-0.1, -0.05) is 0 Å². The quantitative estimate of drug-likeness (QED) is 0.780. The molecule has 0 amide bonds. The van der Waals surface area contributed by atoms with Gasteiger partial charge < -0.3 is 10.1 Å². The Labute approximate surface area is 106 Å². The van der Waals surface area contributed by atoms with Crippen molar-refractivity contribution in [3.8, 4) is 0 Å². The fraction of sp³-hybridized carbons (Fsp3) is 0.500. The number of aryl methyl sites for hydroxylation is 1.